The van der Waals surface area contributed by atoms with Gasteiger partial charge in [0, 0.05) is 11.6 Å². The van der Waals surface area contributed by atoms with Gasteiger partial charge >= 0.3 is 0 Å². The van der Waals surface area contributed by atoms with Crippen LogP contribution < -0.4 is 15.2 Å². The molecule has 0 saturated heterocycles. The molecule has 0 saturated carbocycles. The maximum absolute atomic E-state index is 14.4. The molecule has 0 bridgehead atoms. The van der Waals surface area contributed by atoms with Crippen LogP contribution in [-0.4, -0.2) is 45.6 Å². The number of aliphatic hydroxyl groups excluding tert-OH is 1. The number of hydrogen-bond acceptors (Lipinski definition) is 8. The smallest absolute Gasteiger partial charge is 0.171 e. The van der Waals surface area contributed by atoms with Crippen LogP contribution in [0.1, 0.15) is 13.8 Å². The molecular formula is C19H20Cl3FN4O3S. The summed E-state index contributed by atoms with van der Waals surface area (Å²) in [5, 5.41) is 18.5. The first-order valence-electron chi connectivity index (χ1n) is 8.94. The number of aromatic nitrogens is 3. The topological polar surface area (TPSA) is 103 Å². The maximum Gasteiger partial charge on any atom is 0.171 e. The van der Waals surface area contributed by atoms with Gasteiger partial charge in [-0.25, -0.2) is 9.37 Å². The Labute approximate surface area is 198 Å². The second-order valence-corrected chi connectivity index (χ2v) is 8.32. The minimum atomic E-state index is -0.632. The zero-order chi connectivity index (χ0) is 21.8. The Kier molecular flexibility index (Phi) is 9.23. The number of ether oxygens (including phenoxy) is 2. The van der Waals surface area contributed by atoms with Crippen LogP contribution in [0.25, 0.3) is 21.3 Å². The van der Waals surface area contributed by atoms with Crippen LogP contribution >= 0.6 is 46.9 Å². The van der Waals surface area contributed by atoms with Crippen molar-refractivity contribution in [1.29, 1.82) is 0 Å². The molecule has 3 rings (SSSR count). The lowest BCUT2D eigenvalue weighted by atomic mass is 10.2. The Morgan fingerprint density at radius 3 is 2.52 bits per heavy atom. The molecule has 168 valence electrons. The fraction of sp³-hybridized carbons (Fsp3) is 0.316. The molecule has 0 fully saturated rings. The summed E-state index contributed by atoms with van der Waals surface area (Å²) in [6, 6.07) is 5.36. The summed E-state index contributed by atoms with van der Waals surface area (Å²) >= 11 is 13.7. The van der Waals surface area contributed by atoms with Crippen LogP contribution in [0.15, 0.2) is 24.3 Å². The predicted molar refractivity (Wildman–Crippen MR) is 122 cm³/mol. The second-order valence-electron chi connectivity index (χ2n) is 6.58. The zero-order valence-electron chi connectivity index (χ0n) is 16.5. The molecule has 0 aliphatic carbocycles. The van der Waals surface area contributed by atoms with Gasteiger partial charge in [-0.1, -0.05) is 34.5 Å². The molecule has 2 heterocycles. The van der Waals surface area contributed by atoms with Gasteiger partial charge in [0.15, 0.2) is 27.5 Å². The van der Waals surface area contributed by atoms with E-state index in [0.717, 1.165) is 0 Å². The summed E-state index contributed by atoms with van der Waals surface area (Å²) in [4.78, 5) is 4.30. The summed E-state index contributed by atoms with van der Waals surface area (Å²) in [6.07, 6.45) is -0.0355. The Balaban J connectivity index is 0.00000341. The highest BCUT2D eigenvalue weighted by molar-refractivity contribution is 7.18. The predicted octanol–water partition coefficient (Wildman–Crippen LogP) is 4.62. The fourth-order valence-corrected chi connectivity index (χ4v) is 3.71. The normalized spacial score (nSPS) is 11.9. The average molecular weight is 510 g/mol. The standard InChI is InChI=1S/C19H19Cl2FN4O3S.ClH/c1-9(2)29-15-4-3-14(24-17(15)21)19-26-25-18(30-19)11-5-13(22)16(6-12(11)20)28-8-10(23)7-27;/h3-6,9-10,27H,7-8,23H2,1-2H3;1H. The van der Waals surface area contributed by atoms with Gasteiger partial charge in [-0.05, 0) is 32.0 Å². The minimum absolute atomic E-state index is 0. The molecule has 1 aromatic carbocycles. The van der Waals surface area contributed by atoms with Gasteiger partial charge in [0.1, 0.15) is 17.3 Å². The Hall–Kier alpha value is -1.75. The summed E-state index contributed by atoms with van der Waals surface area (Å²) in [7, 11) is 0. The van der Waals surface area contributed by atoms with Crippen LogP contribution in [0.5, 0.6) is 11.5 Å². The van der Waals surface area contributed by atoms with Gasteiger partial charge in [0.2, 0.25) is 0 Å². The van der Waals surface area contributed by atoms with E-state index in [1.54, 1.807) is 12.1 Å². The van der Waals surface area contributed by atoms with Gasteiger partial charge < -0.3 is 20.3 Å². The molecule has 7 nitrogen and oxygen atoms in total. The highest BCUT2D eigenvalue weighted by atomic mass is 35.5. The molecule has 1 unspecified atom stereocenters. The van der Waals surface area contributed by atoms with Crippen molar-refractivity contribution in [2.45, 2.75) is 26.0 Å². The third kappa shape index (κ3) is 6.38. The number of aliphatic hydroxyl groups is 1. The summed E-state index contributed by atoms with van der Waals surface area (Å²) in [5.41, 5.74) is 6.43. The van der Waals surface area contributed by atoms with Crippen LogP contribution in [0.4, 0.5) is 4.39 Å². The summed E-state index contributed by atoms with van der Waals surface area (Å²) in [5.74, 6) is -0.221. The Morgan fingerprint density at radius 1 is 1.16 bits per heavy atom. The van der Waals surface area contributed by atoms with Crippen molar-refractivity contribution >= 4 is 46.9 Å². The third-order valence-corrected chi connectivity index (χ3v) is 5.32. The highest BCUT2D eigenvalue weighted by Gasteiger charge is 2.18. The Bertz CT molecular complexity index is 1040. The molecule has 0 spiro atoms. The molecule has 0 radical (unpaired) electrons. The van der Waals surface area contributed by atoms with Gasteiger partial charge in [-0.2, -0.15) is 0 Å². The van der Waals surface area contributed by atoms with E-state index in [4.69, 9.17) is 43.5 Å². The van der Waals surface area contributed by atoms with Crippen molar-refractivity contribution in [2.24, 2.45) is 5.73 Å². The van der Waals surface area contributed by atoms with Crippen LogP contribution in [0.2, 0.25) is 10.2 Å². The lowest BCUT2D eigenvalue weighted by molar-refractivity contribution is 0.202. The highest BCUT2D eigenvalue weighted by Crippen LogP contribution is 2.37. The summed E-state index contributed by atoms with van der Waals surface area (Å²) < 4.78 is 25.3. The van der Waals surface area contributed by atoms with E-state index >= 15 is 0 Å². The first kappa shape index (κ1) is 25.5. The van der Waals surface area contributed by atoms with Crippen molar-refractivity contribution in [3.8, 4) is 32.8 Å². The number of halogens is 4. The molecular weight excluding hydrogens is 490 g/mol. The van der Waals surface area contributed by atoms with E-state index in [-0.39, 0.29) is 47.7 Å². The number of nitrogens with zero attached hydrogens (tertiary/aromatic N) is 3. The number of nitrogens with two attached hydrogens (primary N) is 1. The van der Waals surface area contributed by atoms with E-state index in [2.05, 4.69) is 15.2 Å². The van der Waals surface area contributed by atoms with E-state index in [9.17, 15) is 4.39 Å². The van der Waals surface area contributed by atoms with Crippen molar-refractivity contribution in [3.05, 3.63) is 40.3 Å². The van der Waals surface area contributed by atoms with Crippen LogP contribution in [-0.2, 0) is 0 Å². The molecule has 0 aliphatic heterocycles. The SMILES string of the molecule is CC(C)Oc1ccc(-c2nnc(-c3cc(F)c(OCC(N)CO)cc3Cl)s2)nc1Cl.Cl. The second kappa shape index (κ2) is 11.2. The molecule has 2 aromatic heterocycles. The number of pyridine rings is 1. The monoisotopic (exact) mass is 508 g/mol. The molecule has 0 amide bonds. The van der Waals surface area contributed by atoms with E-state index in [1.165, 1.54) is 23.5 Å². The van der Waals surface area contributed by atoms with Gasteiger partial charge in [-0.15, -0.1) is 22.6 Å². The minimum Gasteiger partial charge on any atom is -0.489 e. The quantitative estimate of drug-likeness (QED) is 0.427. The average Bonchev–Trinajstić information content (AvgIpc) is 3.19. The van der Waals surface area contributed by atoms with Crippen molar-refractivity contribution < 1.29 is 19.0 Å². The lowest BCUT2D eigenvalue weighted by Crippen LogP contribution is -2.31. The van der Waals surface area contributed by atoms with Crippen molar-refractivity contribution in [2.75, 3.05) is 13.2 Å². The van der Waals surface area contributed by atoms with Gasteiger partial charge in [0.05, 0.1) is 23.8 Å². The van der Waals surface area contributed by atoms with Gasteiger partial charge in [-0.3, -0.25) is 0 Å². The van der Waals surface area contributed by atoms with Crippen molar-refractivity contribution in [1.82, 2.24) is 15.2 Å². The largest absolute Gasteiger partial charge is 0.489 e. The molecule has 3 aromatic rings. The van der Waals surface area contributed by atoms with E-state index in [0.29, 0.717) is 27.0 Å². The zero-order valence-corrected chi connectivity index (χ0v) is 19.7. The first-order chi connectivity index (χ1) is 14.3. The summed E-state index contributed by atoms with van der Waals surface area (Å²) in [6.45, 7) is 3.46. The van der Waals surface area contributed by atoms with Gasteiger partial charge in [0.25, 0.3) is 0 Å². The van der Waals surface area contributed by atoms with Crippen molar-refractivity contribution in [3.63, 3.8) is 0 Å². The molecule has 12 heteroatoms. The van der Waals surface area contributed by atoms with E-state index < -0.39 is 11.9 Å². The van der Waals surface area contributed by atoms with E-state index in [1.807, 2.05) is 13.8 Å². The Morgan fingerprint density at radius 2 is 1.87 bits per heavy atom. The van der Waals surface area contributed by atoms with Crippen LogP contribution in [0.3, 0.4) is 0 Å². The molecule has 3 N–H and O–H groups in total. The van der Waals surface area contributed by atoms with Crippen LogP contribution in [0, 0.1) is 5.82 Å². The first-order valence-corrected chi connectivity index (χ1v) is 10.5. The molecule has 0 aliphatic rings. The lowest BCUT2D eigenvalue weighted by Gasteiger charge is -2.12. The number of benzene rings is 1. The number of hydrogen-bond donors (Lipinski definition) is 2. The maximum atomic E-state index is 14.4. The fourth-order valence-electron chi connectivity index (χ4n) is 2.37. The molecule has 1 atom stereocenters. The molecule has 31 heavy (non-hydrogen) atoms. The third-order valence-electron chi connectivity index (χ3n) is 3.76. The number of rotatable bonds is 8.